The number of amidine groups is 1. The molecular weight excluding hydrogens is 324 g/mol. The Morgan fingerprint density at radius 3 is 2.72 bits per heavy atom. The van der Waals surface area contributed by atoms with E-state index in [1.165, 1.54) is 17.9 Å². The van der Waals surface area contributed by atoms with E-state index in [-0.39, 0.29) is 6.54 Å². The van der Waals surface area contributed by atoms with E-state index in [1.54, 1.807) is 11.6 Å². The van der Waals surface area contributed by atoms with Crippen LogP contribution in [0.3, 0.4) is 0 Å². The van der Waals surface area contributed by atoms with Crippen LogP contribution in [0.1, 0.15) is 19.3 Å². The molecule has 1 aliphatic rings. The van der Waals surface area contributed by atoms with Gasteiger partial charge in [0, 0.05) is 40.7 Å². The van der Waals surface area contributed by atoms with Gasteiger partial charge in [-0.25, -0.2) is 9.78 Å². The molecule has 1 unspecified atom stereocenters. The zero-order valence-electron chi connectivity index (χ0n) is 14.8. The minimum atomic E-state index is -0.686. The summed E-state index contributed by atoms with van der Waals surface area (Å²) >= 11 is 0. The standard InChI is InChI=1S/C16H24N6O3/c1-19(12-6-4-5-7-17-12)8-11(23)9-22-10-18-14-13(22)15(24)21(3)16(25)20(14)2/h10-11,23H,4-9H2,1-3H3. The lowest BCUT2D eigenvalue weighted by atomic mass is 10.1. The summed E-state index contributed by atoms with van der Waals surface area (Å²) in [5.74, 6) is 1.01. The van der Waals surface area contributed by atoms with E-state index in [2.05, 4.69) is 9.98 Å². The number of imidazole rings is 1. The largest absolute Gasteiger partial charge is 0.389 e. The molecule has 1 aliphatic heterocycles. The number of hydrogen-bond acceptors (Lipinski definition) is 6. The van der Waals surface area contributed by atoms with E-state index in [0.29, 0.717) is 17.7 Å². The van der Waals surface area contributed by atoms with Gasteiger partial charge in [-0.05, 0) is 12.8 Å². The molecule has 9 heteroatoms. The highest BCUT2D eigenvalue weighted by molar-refractivity contribution is 5.82. The zero-order chi connectivity index (χ0) is 18.1. The van der Waals surface area contributed by atoms with Crippen LogP contribution in [0, 0.1) is 0 Å². The number of nitrogens with zero attached hydrogens (tertiary/aromatic N) is 6. The van der Waals surface area contributed by atoms with Crippen molar-refractivity contribution in [1.82, 2.24) is 23.6 Å². The summed E-state index contributed by atoms with van der Waals surface area (Å²) < 4.78 is 4.00. The summed E-state index contributed by atoms with van der Waals surface area (Å²) in [5.41, 5.74) is -0.183. The Hall–Kier alpha value is -2.42. The SMILES string of the molecule is CN(CC(O)Cn1cnc2c1c(=O)n(C)c(=O)n2C)C1=NCCCC1. The van der Waals surface area contributed by atoms with Crippen molar-refractivity contribution in [2.24, 2.45) is 19.1 Å². The number of aryl methyl sites for hydroxylation is 1. The minimum absolute atomic E-state index is 0.224. The molecule has 0 bridgehead atoms. The second kappa shape index (κ2) is 6.83. The number of aliphatic imine (C=N–C) groups is 1. The fourth-order valence-corrected chi connectivity index (χ4v) is 3.24. The number of likely N-dealkylation sites (N-methyl/N-ethyl adjacent to an activating group) is 1. The lowest BCUT2D eigenvalue weighted by Crippen LogP contribution is -2.39. The second-order valence-corrected chi connectivity index (χ2v) is 6.56. The second-order valence-electron chi connectivity index (χ2n) is 6.56. The number of rotatable bonds is 4. The molecule has 0 saturated carbocycles. The van der Waals surface area contributed by atoms with E-state index in [9.17, 15) is 14.7 Å². The third kappa shape index (κ3) is 3.23. The molecule has 0 radical (unpaired) electrons. The molecule has 136 valence electrons. The molecule has 3 rings (SSSR count). The van der Waals surface area contributed by atoms with Gasteiger partial charge in [0.15, 0.2) is 11.2 Å². The fraction of sp³-hybridized carbons (Fsp3) is 0.625. The van der Waals surface area contributed by atoms with Gasteiger partial charge in [0.2, 0.25) is 0 Å². The minimum Gasteiger partial charge on any atom is -0.389 e. The van der Waals surface area contributed by atoms with E-state index in [4.69, 9.17) is 0 Å². The van der Waals surface area contributed by atoms with Gasteiger partial charge >= 0.3 is 5.69 Å². The van der Waals surface area contributed by atoms with Crippen LogP contribution in [0.4, 0.5) is 0 Å². The molecule has 0 aliphatic carbocycles. The molecule has 2 aromatic rings. The summed E-state index contributed by atoms with van der Waals surface area (Å²) in [4.78, 5) is 35.0. The number of fused-ring (bicyclic) bond motifs is 1. The smallest absolute Gasteiger partial charge is 0.332 e. The maximum atomic E-state index is 12.4. The van der Waals surface area contributed by atoms with Crippen LogP contribution < -0.4 is 11.2 Å². The maximum absolute atomic E-state index is 12.4. The number of aliphatic hydroxyl groups is 1. The quantitative estimate of drug-likeness (QED) is 0.789. The van der Waals surface area contributed by atoms with Gasteiger partial charge in [0.25, 0.3) is 5.56 Å². The van der Waals surface area contributed by atoms with Gasteiger partial charge < -0.3 is 14.6 Å². The monoisotopic (exact) mass is 348 g/mol. The zero-order valence-corrected chi connectivity index (χ0v) is 14.8. The average Bonchev–Trinajstić information content (AvgIpc) is 3.02. The van der Waals surface area contributed by atoms with E-state index >= 15 is 0 Å². The summed E-state index contributed by atoms with van der Waals surface area (Å²) in [6.07, 6.45) is 3.97. The fourth-order valence-electron chi connectivity index (χ4n) is 3.24. The average molecular weight is 348 g/mol. The Morgan fingerprint density at radius 2 is 2.04 bits per heavy atom. The Bertz CT molecular complexity index is 922. The van der Waals surface area contributed by atoms with Crippen LogP contribution in [0.2, 0.25) is 0 Å². The van der Waals surface area contributed by atoms with Crippen molar-refractivity contribution in [3.63, 3.8) is 0 Å². The van der Waals surface area contributed by atoms with Crippen LogP contribution in [0.5, 0.6) is 0 Å². The molecule has 3 heterocycles. The number of aromatic nitrogens is 4. The third-order valence-corrected chi connectivity index (χ3v) is 4.65. The number of hydrogen-bond donors (Lipinski definition) is 1. The lowest BCUT2D eigenvalue weighted by Gasteiger charge is -2.26. The normalized spacial score (nSPS) is 16.1. The molecule has 9 nitrogen and oxygen atoms in total. The van der Waals surface area contributed by atoms with Crippen molar-refractivity contribution in [3.05, 3.63) is 27.2 Å². The highest BCUT2D eigenvalue weighted by Crippen LogP contribution is 2.10. The molecule has 0 spiro atoms. The van der Waals surface area contributed by atoms with Crippen molar-refractivity contribution < 1.29 is 5.11 Å². The van der Waals surface area contributed by atoms with Crippen LogP contribution in [0.15, 0.2) is 20.9 Å². The maximum Gasteiger partial charge on any atom is 0.332 e. The van der Waals surface area contributed by atoms with Crippen molar-refractivity contribution in [1.29, 1.82) is 0 Å². The predicted molar refractivity (Wildman–Crippen MR) is 95.0 cm³/mol. The predicted octanol–water partition coefficient (Wildman–Crippen LogP) is -0.691. The van der Waals surface area contributed by atoms with Gasteiger partial charge in [-0.15, -0.1) is 0 Å². The molecule has 0 fully saturated rings. The van der Waals surface area contributed by atoms with Gasteiger partial charge in [0.1, 0.15) is 0 Å². The first-order valence-corrected chi connectivity index (χ1v) is 8.43. The molecule has 1 N–H and O–H groups in total. The molecular formula is C16H24N6O3. The summed E-state index contributed by atoms with van der Waals surface area (Å²) in [6.45, 7) is 1.48. The highest BCUT2D eigenvalue weighted by Gasteiger charge is 2.18. The molecule has 2 aromatic heterocycles. The van der Waals surface area contributed by atoms with Gasteiger partial charge in [-0.3, -0.25) is 18.9 Å². The van der Waals surface area contributed by atoms with Crippen molar-refractivity contribution in [2.75, 3.05) is 20.1 Å². The van der Waals surface area contributed by atoms with Gasteiger partial charge in [0.05, 0.1) is 24.8 Å². The van der Waals surface area contributed by atoms with Gasteiger partial charge in [-0.2, -0.15) is 0 Å². The topological polar surface area (TPSA) is 97.6 Å². The highest BCUT2D eigenvalue weighted by atomic mass is 16.3. The molecule has 0 aromatic carbocycles. The Kier molecular flexibility index (Phi) is 4.76. The van der Waals surface area contributed by atoms with Crippen LogP contribution in [0.25, 0.3) is 11.2 Å². The van der Waals surface area contributed by atoms with Crippen molar-refractivity contribution >= 4 is 17.0 Å². The van der Waals surface area contributed by atoms with E-state index in [1.807, 2.05) is 11.9 Å². The summed E-state index contributed by atoms with van der Waals surface area (Å²) in [7, 11) is 4.93. The third-order valence-electron chi connectivity index (χ3n) is 4.65. The Balaban J connectivity index is 1.82. The summed E-state index contributed by atoms with van der Waals surface area (Å²) in [5, 5.41) is 10.4. The first kappa shape index (κ1) is 17.4. The van der Waals surface area contributed by atoms with Gasteiger partial charge in [-0.1, -0.05) is 0 Å². The molecule has 0 saturated heterocycles. The summed E-state index contributed by atoms with van der Waals surface area (Å²) in [6, 6.07) is 0. The van der Waals surface area contributed by atoms with Crippen molar-refractivity contribution in [3.8, 4) is 0 Å². The van der Waals surface area contributed by atoms with E-state index in [0.717, 1.165) is 36.2 Å². The van der Waals surface area contributed by atoms with E-state index < -0.39 is 17.4 Å². The molecule has 25 heavy (non-hydrogen) atoms. The number of aliphatic hydroxyl groups excluding tert-OH is 1. The first-order valence-electron chi connectivity index (χ1n) is 8.43. The van der Waals surface area contributed by atoms with Crippen LogP contribution in [-0.2, 0) is 20.6 Å². The Morgan fingerprint density at radius 1 is 1.28 bits per heavy atom. The molecule has 0 amide bonds. The Labute approximate surface area is 144 Å². The first-order chi connectivity index (χ1) is 11.9. The van der Waals surface area contributed by atoms with Crippen LogP contribution in [-0.4, -0.2) is 60.8 Å². The van der Waals surface area contributed by atoms with Crippen LogP contribution >= 0.6 is 0 Å². The molecule has 1 atom stereocenters. The lowest BCUT2D eigenvalue weighted by molar-refractivity contribution is 0.131. The van der Waals surface area contributed by atoms with Crippen molar-refractivity contribution in [2.45, 2.75) is 31.9 Å².